The molecule has 0 fully saturated rings. The second-order valence-corrected chi connectivity index (χ2v) is 2.80. The summed E-state index contributed by atoms with van der Waals surface area (Å²) in [5.74, 6) is 0.469. The molecule has 0 saturated heterocycles. The number of nitrogens with zero attached hydrogens (tertiary/aromatic N) is 2. The Balaban J connectivity index is 2.79. The maximum absolute atomic E-state index is 11.2. The molecule has 1 aromatic heterocycles. The Morgan fingerprint density at radius 1 is 1.46 bits per heavy atom. The number of aromatic nitrogens is 2. The number of hydrogen-bond acceptors (Lipinski definition) is 4. The minimum absolute atomic E-state index is 0.258. The van der Waals surface area contributed by atoms with Crippen molar-refractivity contribution in [2.45, 2.75) is 0 Å². The lowest BCUT2D eigenvalue weighted by Crippen LogP contribution is -2.31. The summed E-state index contributed by atoms with van der Waals surface area (Å²) in [6.45, 7) is 0.590. The average Bonchev–Trinajstić information content (AvgIpc) is 2.07. The molecule has 0 aromatic carbocycles. The first-order chi connectivity index (χ1) is 6.18. The molecule has 0 bridgehead atoms. The van der Waals surface area contributed by atoms with E-state index < -0.39 is 11.2 Å². The molecule has 2 N–H and O–H groups in total. The Labute approximate surface area is 72.9 Å². The monoisotopic (exact) mass is 180 g/mol. The molecule has 0 amide bonds. The fourth-order valence-electron chi connectivity index (χ4n) is 1.21. The van der Waals surface area contributed by atoms with E-state index in [1.165, 1.54) is 0 Å². The molecule has 13 heavy (non-hydrogen) atoms. The Morgan fingerprint density at radius 2 is 2.23 bits per heavy atom. The summed E-state index contributed by atoms with van der Waals surface area (Å²) in [6, 6.07) is 0. The van der Waals surface area contributed by atoms with Crippen LogP contribution in [0.5, 0.6) is 0 Å². The first-order valence-electron chi connectivity index (χ1n) is 3.79. The van der Waals surface area contributed by atoms with E-state index in [-0.39, 0.29) is 5.69 Å². The van der Waals surface area contributed by atoms with Crippen molar-refractivity contribution in [3.8, 4) is 0 Å². The maximum atomic E-state index is 11.2. The first kappa shape index (κ1) is 7.78. The van der Waals surface area contributed by atoms with Gasteiger partial charge in [-0.15, -0.1) is 0 Å². The van der Waals surface area contributed by atoms with E-state index in [9.17, 15) is 9.59 Å². The lowest BCUT2D eigenvalue weighted by molar-refractivity contribution is 0.940. The number of rotatable bonds is 0. The van der Waals surface area contributed by atoms with Crippen LogP contribution in [0.25, 0.3) is 0 Å². The largest absolute Gasteiger partial charge is 0.354 e. The molecule has 68 valence electrons. The number of nitrogens with one attached hydrogen (secondary N) is 2. The van der Waals surface area contributed by atoms with E-state index in [1.54, 1.807) is 18.2 Å². The quantitative estimate of drug-likeness (QED) is 0.549. The summed E-state index contributed by atoms with van der Waals surface area (Å²) < 4.78 is 0. The predicted octanol–water partition coefficient (Wildman–Crippen LogP) is -0.785. The molecule has 0 unspecified atom stereocenters. The van der Waals surface area contributed by atoms with Crippen molar-refractivity contribution in [1.29, 1.82) is 0 Å². The zero-order valence-corrected chi connectivity index (χ0v) is 7.00. The topological polar surface area (TPSA) is 81.3 Å². The number of H-pyrrole nitrogens is 2. The highest BCUT2D eigenvalue weighted by atomic mass is 16.2. The minimum atomic E-state index is -0.507. The summed E-state index contributed by atoms with van der Waals surface area (Å²) in [7, 11) is 1.78. The third-order valence-corrected chi connectivity index (χ3v) is 1.86. The second-order valence-electron chi connectivity index (χ2n) is 2.80. The molecule has 0 aliphatic carbocycles. The zero-order chi connectivity index (χ0) is 9.42. The van der Waals surface area contributed by atoms with Crippen molar-refractivity contribution in [2.75, 3.05) is 18.5 Å². The van der Waals surface area contributed by atoms with Gasteiger partial charge in [0, 0.05) is 13.3 Å². The van der Waals surface area contributed by atoms with Crippen molar-refractivity contribution >= 4 is 17.7 Å². The van der Waals surface area contributed by atoms with Gasteiger partial charge in [0.15, 0.2) is 5.69 Å². The fourth-order valence-corrected chi connectivity index (χ4v) is 1.21. The number of fused-ring (bicyclic) bond motifs is 1. The summed E-state index contributed by atoms with van der Waals surface area (Å²) in [6.07, 6.45) is 1.62. The van der Waals surface area contributed by atoms with Gasteiger partial charge in [0.2, 0.25) is 0 Å². The predicted molar refractivity (Wildman–Crippen MR) is 49.1 cm³/mol. The van der Waals surface area contributed by atoms with Gasteiger partial charge in [0.05, 0.1) is 6.54 Å². The van der Waals surface area contributed by atoms with Crippen LogP contribution < -0.4 is 16.1 Å². The van der Waals surface area contributed by atoms with Gasteiger partial charge >= 0.3 is 5.69 Å². The van der Waals surface area contributed by atoms with Crippen LogP contribution in [0.3, 0.4) is 0 Å². The third-order valence-electron chi connectivity index (χ3n) is 1.86. The van der Waals surface area contributed by atoms with Crippen molar-refractivity contribution in [1.82, 2.24) is 9.97 Å². The van der Waals surface area contributed by atoms with Crippen LogP contribution in [0.4, 0.5) is 11.5 Å². The van der Waals surface area contributed by atoms with Gasteiger partial charge in [-0.1, -0.05) is 0 Å². The second kappa shape index (κ2) is 2.58. The van der Waals surface area contributed by atoms with Crippen molar-refractivity contribution in [3.63, 3.8) is 0 Å². The van der Waals surface area contributed by atoms with E-state index in [2.05, 4.69) is 15.0 Å². The van der Waals surface area contributed by atoms with Crippen LogP contribution in [0.1, 0.15) is 0 Å². The Morgan fingerprint density at radius 3 is 3.00 bits per heavy atom. The standard InChI is InChI=1S/C7H8N4O2/c1-11-3-2-8-4-5(11)9-7(13)10-6(4)12/h2H,3H2,1H3,(H2,9,10,12,13). The molecule has 2 rings (SSSR count). The SMILES string of the molecule is CN1CC=Nc2c1[nH]c(=O)[nH]c2=O. The Bertz CT molecular complexity index is 470. The molecule has 0 radical (unpaired) electrons. The molecule has 0 saturated carbocycles. The zero-order valence-electron chi connectivity index (χ0n) is 7.00. The van der Waals surface area contributed by atoms with Gasteiger partial charge in [0.1, 0.15) is 5.82 Å². The van der Waals surface area contributed by atoms with Crippen molar-refractivity contribution in [3.05, 3.63) is 20.8 Å². The van der Waals surface area contributed by atoms with Crippen molar-refractivity contribution < 1.29 is 0 Å². The highest BCUT2D eigenvalue weighted by Crippen LogP contribution is 2.20. The van der Waals surface area contributed by atoms with Crippen LogP contribution >= 0.6 is 0 Å². The van der Waals surface area contributed by atoms with Gasteiger partial charge in [0.25, 0.3) is 5.56 Å². The van der Waals surface area contributed by atoms with Gasteiger partial charge in [-0.25, -0.2) is 9.79 Å². The van der Waals surface area contributed by atoms with Crippen LogP contribution in [0, 0.1) is 0 Å². The fraction of sp³-hybridized carbons (Fsp3) is 0.286. The lowest BCUT2D eigenvalue weighted by Gasteiger charge is -2.20. The van der Waals surface area contributed by atoms with E-state index in [4.69, 9.17) is 0 Å². The summed E-state index contributed by atoms with van der Waals surface area (Å²) >= 11 is 0. The molecule has 1 aliphatic rings. The number of aliphatic imine (C=N–C) groups is 1. The normalized spacial score (nSPS) is 14.4. The molecule has 0 spiro atoms. The summed E-state index contributed by atoms with van der Waals surface area (Å²) in [5, 5.41) is 0. The minimum Gasteiger partial charge on any atom is -0.354 e. The van der Waals surface area contributed by atoms with E-state index >= 15 is 0 Å². The van der Waals surface area contributed by atoms with Crippen LogP contribution in [-0.4, -0.2) is 29.8 Å². The van der Waals surface area contributed by atoms with Gasteiger partial charge in [-0.05, 0) is 0 Å². The van der Waals surface area contributed by atoms with Crippen molar-refractivity contribution in [2.24, 2.45) is 4.99 Å². The maximum Gasteiger partial charge on any atom is 0.327 e. The van der Waals surface area contributed by atoms with Gasteiger partial charge in [-0.3, -0.25) is 14.8 Å². The molecule has 0 atom stereocenters. The van der Waals surface area contributed by atoms with Crippen LogP contribution in [-0.2, 0) is 0 Å². The number of aromatic amines is 2. The molecule has 6 heteroatoms. The molecular weight excluding hydrogens is 172 g/mol. The molecule has 1 aromatic rings. The van der Waals surface area contributed by atoms with E-state index in [0.717, 1.165) is 0 Å². The van der Waals surface area contributed by atoms with E-state index in [1.807, 2.05) is 0 Å². The van der Waals surface area contributed by atoms with E-state index in [0.29, 0.717) is 12.4 Å². The van der Waals surface area contributed by atoms with Gasteiger partial charge in [-0.2, -0.15) is 0 Å². The lowest BCUT2D eigenvalue weighted by atomic mass is 10.4. The summed E-state index contributed by atoms with van der Waals surface area (Å²) in [4.78, 5) is 32.4. The summed E-state index contributed by atoms with van der Waals surface area (Å²) in [5.41, 5.74) is -0.706. The molecule has 1 aliphatic heterocycles. The molecule has 6 nitrogen and oxygen atoms in total. The smallest absolute Gasteiger partial charge is 0.327 e. The van der Waals surface area contributed by atoms with Gasteiger partial charge < -0.3 is 4.90 Å². The molecular formula is C7H8N4O2. The van der Waals surface area contributed by atoms with Crippen LogP contribution in [0.15, 0.2) is 14.6 Å². The highest BCUT2D eigenvalue weighted by Gasteiger charge is 2.14. The Hall–Kier alpha value is -1.85. The number of hydrogen-bond donors (Lipinski definition) is 2. The Kier molecular flexibility index (Phi) is 1.54. The van der Waals surface area contributed by atoms with Crippen LogP contribution in [0.2, 0.25) is 0 Å². The molecule has 2 heterocycles. The highest BCUT2D eigenvalue weighted by molar-refractivity contribution is 5.78. The number of anilines is 1. The average molecular weight is 180 g/mol. The first-order valence-corrected chi connectivity index (χ1v) is 3.79. The third kappa shape index (κ3) is 1.16.